The van der Waals surface area contributed by atoms with E-state index in [9.17, 15) is 14.8 Å². The number of pyridine rings is 1. The molecule has 2 N–H and O–H groups in total. The van der Waals surface area contributed by atoms with E-state index < -0.39 is 5.69 Å². The first-order chi connectivity index (χ1) is 15.6. The highest BCUT2D eigenvalue weighted by Crippen LogP contribution is 2.27. The zero-order valence-corrected chi connectivity index (χ0v) is 17.2. The first-order valence-electron chi connectivity index (χ1n) is 10.4. The molecule has 32 heavy (non-hydrogen) atoms. The Labute approximate surface area is 183 Å². The van der Waals surface area contributed by atoms with Crippen LogP contribution in [0.5, 0.6) is 0 Å². The van der Waals surface area contributed by atoms with Gasteiger partial charge in [-0.05, 0) is 47.4 Å². The van der Waals surface area contributed by atoms with Gasteiger partial charge in [0.15, 0.2) is 5.65 Å². The van der Waals surface area contributed by atoms with Gasteiger partial charge >= 0.3 is 5.69 Å². The highest BCUT2D eigenvalue weighted by molar-refractivity contribution is 5.88. The summed E-state index contributed by atoms with van der Waals surface area (Å²) < 4.78 is 0.439. The number of rotatable bonds is 5. The van der Waals surface area contributed by atoms with Crippen LogP contribution >= 0.6 is 0 Å². The summed E-state index contributed by atoms with van der Waals surface area (Å²) in [6, 6.07) is 19.4. The van der Waals surface area contributed by atoms with Gasteiger partial charge in [0.05, 0.1) is 5.39 Å². The third kappa shape index (κ3) is 3.78. The van der Waals surface area contributed by atoms with Crippen molar-refractivity contribution in [2.75, 3.05) is 11.9 Å². The molecule has 1 aliphatic rings. The summed E-state index contributed by atoms with van der Waals surface area (Å²) in [5, 5.41) is 13.6. The molecule has 0 atom stereocenters. The molecule has 1 fully saturated rings. The second-order valence-electron chi connectivity index (χ2n) is 7.75. The molecular formula is C24H21N5O3. The van der Waals surface area contributed by atoms with Crippen molar-refractivity contribution in [3.05, 3.63) is 82.9 Å². The number of nitrogens with zero attached hydrogens (tertiary/aromatic N) is 4. The van der Waals surface area contributed by atoms with Gasteiger partial charge in [-0.15, -0.1) is 4.73 Å². The van der Waals surface area contributed by atoms with Gasteiger partial charge < -0.3 is 15.4 Å². The molecule has 2 aromatic carbocycles. The van der Waals surface area contributed by atoms with Crippen LogP contribution in [-0.4, -0.2) is 37.3 Å². The molecule has 1 aliphatic heterocycles. The van der Waals surface area contributed by atoms with Crippen LogP contribution in [0.15, 0.2) is 71.7 Å². The van der Waals surface area contributed by atoms with Crippen molar-refractivity contribution in [2.24, 2.45) is 0 Å². The molecule has 1 amide bonds. The Kier molecular flexibility index (Phi) is 5.03. The van der Waals surface area contributed by atoms with Gasteiger partial charge in [-0.2, -0.15) is 4.98 Å². The van der Waals surface area contributed by atoms with Crippen molar-refractivity contribution in [3.8, 4) is 11.1 Å². The van der Waals surface area contributed by atoms with Crippen LogP contribution < -0.4 is 11.0 Å². The summed E-state index contributed by atoms with van der Waals surface area (Å²) in [5.41, 5.74) is 3.22. The fraction of sp³-hybridized carbons (Fsp3) is 0.167. The fourth-order valence-corrected chi connectivity index (χ4v) is 3.95. The van der Waals surface area contributed by atoms with E-state index in [4.69, 9.17) is 0 Å². The summed E-state index contributed by atoms with van der Waals surface area (Å²) in [6.07, 6.45) is 3.08. The molecule has 0 aliphatic carbocycles. The maximum Gasteiger partial charge on any atom is 0.384 e. The normalized spacial score (nSPS) is 13.6. The molecule has 0 bridgehead atoms. The fourth-order valence-electron chi connectivity index (χ4n) is 3.95. The average Bonchev–Trinajstić information content (AvgIpc) is 3.22. The van der Waals surface area contributed by atoms with Crippen LogP contribution in [0.2, 0.25) is 0 Å². The standard InChI is InChI=1S/C24H21N5O3/c30-21-7-3-13-28(21)15-16-8-10-17(11-9-16)18-4-1-5-19(14-18)26-22-20-6-2-12-25-23(20)29(32)24(31)27-22/h1-2,4-6,8-12,14,32H,3,7,13,15H2,(H,26,27,31). The molecule has 5 rings (SSSR count). The van der Waals surface area contributed by atoms with Gasteiger partial charge in [0.25, 0.3) is 0 Å². The van der Waals surface area contributed by atoms with Gasteiger partial charge in [-0.25, -0.2) is 9.78 Å². The Morgan fingerprint density at radius 2 is 1.84 bits per heavy atom. The van der Waals surface area contributed by atoms with Crippen LogP contribution in [-0.2, 0) is 11.3 Å². The van der Waals surface area contributed by atoms with Crippen LogP contribution in [0.1, 0.15) is 18.4 Å². The van der Waals surface area contributed by atoms with E-state index in [1.807, 2.05) is 53.4 Å². The van der Waals surface area contributed by atoms with Crippen LogP contribution in [0.25, 0.3) is 22.2 Å². The van der Waals surface area contributed by atoms with E-state index in [-0.39, 0.29) is 11.6 Å². The van der Waals surface area contributed by atoms with Gasteiger partial charge in [-0.1, -0.05) is 36.4 Å². The summed E-state index contributed by atoms with van der Waals surface area (Å²) >= 11 is 0. The van der Waals surface area contributed by atoms with Crippen LogP contribution in [0.4, 0.5) is 11.5 Å². The molecule has 4 aromatic rings. The lowest BCUT2D eigenvalue weighted by molar-refractivity contribution is -0.128. The quantitative estimate of drug-likeness (QED) is 0.473. The van der Waals surface area contributed by atoms with Crippen molar-refractivity contribution >= 4 is 28.4 Å². The zero-order chi connectivity index (χ0) is 22.1. The number of anilines is 2. The summed E-state index contributed by atoms with van der Waals surface area (Å²) in [5.74, 6) is 0.546. The van der Waals surface area contributed by atoms with Gasteiger partial charge in [0.1, 0.15) is 5.82 Å². The van der Waals surface area contributed by atoms with Crippen molar-refractivity contribution in [1.82, 2.24) is 19.6 Å². The number of carbonyl (C=O) groups excluding carboxylic acids is 1. The van der Waals surface area contributed by atoms with Gasteiger partial charge in [0, 0.05) is 31.4 Å². The van der Waals surface area contributed by atoms with E-state index in [2.05, 4.69) is 15.3 Å². The number of nitrogens with one attached hydrogen (secondary N) is 1. The first kappa shape index (κ1) is 19.7. The van der Waals surface area contributed by atoms with E-state index in [1.54, 1.807) is 12.1 Å². The minimum Gasteiger partial charge on any atom is -0.422 e. The largest absolute Gasteiger partial charge is 0.422 e. The Hall–Kier alpha value is -4.20. The molecule has 0 saturated carbocycles. The number of amides is 1. The maximum atomic E-state index is 12.0. The van der Waals surface area contributed by atoms with Crippen LogP contribution in [0.3, 0.4) is 0 Å². The van der Waals surface area contributed by atoms with E-state index in [0.29, 0.717) is 28.9 Å². The molecule has 8 heteroatoms. The molecule has 0 radical (unpaired) electrons. The van der Waals surface area contributed by atoms with E-state index >= 15 is 0 Å². The predicted octanol–water partition coefficient (Wildman–Crippen LogP) is 3.56. The molecule has 0 spiro atoms. The molecular weight excluding hydrogens is 406 g/mol. The minimum absolute atomic E-state index is 0.137. The number of aromatic nitrogens is 3. The Bertz CT molecular complexity index is 1360. The number of benzene rings is 2. The molecule has 160 valence electrons. The number of carbonyl (C=O) groups is 1. The first-order valence-corrected chi connectivity index (χ1v) is 10.4. The van der Waals surface area contributed by atoms with Gasteiger partial charge in [0.2, 0.25) is 5.91 Å². The highest BCUT2D eigenvalue weighted by Gasteiger charge is 2.19. The summed E-state index contributed by atoms with van der Waals surface area (Å²) in [7, 11) is 0. The lowest BCUT2D eigenvalue weighted by atomic mass is 10.0. The number of likely N-dealkylation sites (tertiary alicyclic amines) is 1. The van der Waals surface area contributed by atoms with E-state index in [1.165, 1.54) is 6.20 Å². The molecule has 3 heterocycles. The third-order valence-electron chi connectivity index (χ3n) is 5.59. The third-order valence-corrected chi connectivity index (χ3v) is 5.59. The molecule has 1 saturated heterocycles. The number of hydrogen-bond donors (Lipinski definition) is 2. The van der Waals surface area contributed by atoms with Crippen molar-refractivity contribution < 1.29 is 10.0 Å². The maximum absolute atomic E-state index is 12.0. The topological polar surface area (TPSA) is 100 Å². The zero-order valence-electron chi connectivity index (χ0n) is 17.2. The SMILES string of the molecule is O=C1CCCN1Cc1ccc(-c2cccc(Nc3nc(=O)n(O)c4ncccc34)c2)cc1. The van der Waals surface area contributed by atoms with Crippen molar-refractivity contribution in [2.45, 2.75) is 19.4 Å². The summed E-state index contributed by atoms with van der Waals surface area (Å²) in [6.45, 7) is 1.47. The van der Waals surface area contributed by atoms with Gasteiger partial charge in [-0.3, -0.25) is 4.79 Å². The monoisotopic (exact) mass is 427 g/mol. The average molecular weight is 427 g/mol. The lowest BCUT2D eigenvalue weighted by Gasteiger charge is -2.15. The van der Waals surface area contributed by atoms with Crippen molar-refractivity contribution in [1.29, 1.82) is 0 Å². The Morgan fingerprint density at radius 3 is 2.62 bits per heavy atom. The lowest BCUT2D eigenvalue weighted by Crippen LogP contribution is -2.23. The molecule has 0 unspecified atom stereocenters. The highest BCUT2D eigenvalue weighted by atomic mass is 16.5. The molecule has 8 nitrogen and oxygen atoms in total. The number of fused-ring (bicyclic) bond motifs is 1. The Morgan fingerprint density at radius 1 is 1.00 bits per heavy atom. The second-order valence-corrected chi connectivity index (χ2v) is 7.75. The summed E-state index contributed by atoms with van der Waals surface area (Å²) in [4.78, 5) is 33.8. The Balaban J connectivity index is 1.40. The van der Waals surface area contributed by atoms with Crippen LogP contribution in [0, 0.1) is 0 Å². The second kappa shape index (κ2) is 8.14. The van der Waals surface area contributed by atoms with Crippen molar-refractivity contribution in [3.63, 3.8) is 0 Å². The predicted molar refractivity (Wildman–Crippen MR) is 121 cm³/mol. The molecule has 2 aromatic heterocycles. The van der Waals surface area contributed by atoms with E-state index in [0.717, 1.165) is 35.3 Å². The number of hydrogen-bond acceptors (Lipinski definition) is 6. The minimum atomic E-state index is -0.804. The smallest absolute Gasteiger partial charge is 0.384 e.